The Hall–Kier alpha value is -1.91. The number of nitrogens with one attached hydrogen (secondary N) is 1. The lowest BCUT2D eigenvalue weighted by atomic mass is 9.90. The molecular formula is C17H25F2N3O5. The summed E-state index contributed by atoms with van der Waals surface area (Å²) in [6.07, 6.45) is -3.39. The van der Waals surface area contributed by atoms with Crippen LogP contribution in [0.1, 0.15) is 61.8 Å². The van der Waals surface area contributed by atoms with Crippen LogP contribution < -0.4 is 11.4 Å². The Balaban J connectivity index is 2.49. The van der Waals surface area contributed by atoms with Crippen molar-refractivity contribution in [3.63, 3.8) is 0 Å². The van der Waals surface area contributed by atoms with Gasteiger partial charge >= 0.3 is 11.6 Å². The molecule has 8 nitrogen and oxygen atoms in total. The Morgan fingerprint density at radius 3 is 2.44 bits per heavy atom. The van der Waals surface area contributed by atoms with E-state index in [4.69, 9.17) is 15.6 Å². The number of ether oxygens (including phenoxy) is 1. The van der Waals surface area contributed by atoms with Gasteiger partial charge in [0.15, 0.2) is 11.9 Å². The van der Waals surface area contributed by atoms with Gasteiger partial charge in [0.25, 0.3) is 0 Å². The maximum Gasteiger partial charge on any atom is 0.346 e. The van der Waals surface area contributed by atoms with Crippen molar-refractivity contribution in [1.82, 2.24) is 9.97 Å². The van der Waals surface area contributed by atoms with Crippen molar-refractivity contribution < 1.29 is 28.5 Å². The van der Waals surface area contributed by atoms with Crippen LogP contribution in [0, 0.1) is 5.92 Å². The molecule has 27 heavy (non-hydrogen) atoms. The van der Waals surface area contributed by atoms with Gasteiger partial charge in [-0.05, 0) is 12.8 Å². The van der Waals surface area contributed by atoms with Crippen molar-refractivity contribution in [2.75, 3.05) is 12.3 Å². The van der Waals surface area contributed by atoms with Crippen LogP contribution in [0.15, 0.2) is 4.79 Å². The Morgan fingerprint density at radius 2 is 1.96 bits per heavy atom. The first kappa shape index (κ1) is 21.4. The number of nitrogen functional groups attached to an aromatic ring is 1. The van der Waals surface area contributed by atoms with E-state index in [0.717, 1.165) is 12.8 Å². The van der Waals surface area contributed by atoms with E-state index in [0.29, 0.717) is 12.8 Å². The Morgan fingerprint density at radius 1 is 1.37 bits per heavy atom. The summed E-state index contributed by atoms with van der Waals surface area (Å²) in [5.74, 6) is -4.73. The highest BCUT2D eigenvalue weighted by molar-refractivity contribution is 6.00. The maximum atomic E-state index is 14.4. The van der Waals surface area contributed by atoms with Gasteiger partial charge in [-0.15, -0.1) is 0 Å². The van der Waals surface area contributed by atoms with Gasteiger partial charge in [0.05, 0.1) is 18.0 Å². The number of anilines is 1. The van der Waals surface area contributed by atoms with Gasteiger partial charge < -0.3 is 25.7 Å². The topological polar surface area (TPSA) is 139 Å². The molecule has 152 valence electrons. The van der Waals surface area contributed by atoms with E-state index in [2.05, 4.69) is 9.97 Å². The fourth-order valence-electron chi connectivity index (χ4n) is 3.34. The second-order valence-electron chi connectivity index (χ2n) is 6.71. The van der Waals surface area contributed by atoms with Crippen LogP contribution in [-0.4, -0.2) is 50.7 Å². The summed E-state index contributed by atoms with van der Waals surface area (Å²) in [4.78, 5) is 30.4. The minimum Gasteiger partial charge on any atom is -0.395 e. The molecule has 0 aliphatic carbocycles. The number of carbonyl (C=O) groups excluding carboxylic acids is 1. The van der Waals surface area contributed by atoms with Gasteiger partial charge in [0.2, 0.25) is 0 Å². The van der Waals surface area contributed by atoms with Gasteiger partial charge in [-0.1, -0.05) is 26.7 Å². The van der Waals surface area contributed by atoms with Crippen LogP contribution in [-0.2, 0) is 4.74 Å². The van der Waals surface area contributed by atoms with Crippen molar-refractivity contribution in [3.8, 4) is 0 Å². The van der Waals surface area contributed by atoms with E-state index < -0.39 is 59.6 Å². The minimum atomic E-state index is -3.82. The number of ketones is 1. The lowest BCUT2D eigenvalue weighted by Crippen LogP contribution is -2.39. The van der Waals surface area contributed by atoms with Crippen molar-refractivity contribution in [1.29, 1.82) is 0 Å². The highest BCUT2D eigenvalue weighted by atomic mass is 19.3. The quantitative estimate of drug-likeness (QED) is 0.490. The third-order valence-corrected chi connectivity index (χ3v) is 4.73. The summed E-state index contributed by atoms with van der Waals surface area (Å²) >= 11 is 0. The minimum absolute atomic E-state index is 0.373. The fraction of sp³-hybridized carbons (Fsp3) is 0.706. The molecule has 2 rings (SSSR count). The second kappa shape index (κ2) is 8.41. The third-order valence-electron chi connectivity index (χ3n) is 4.73. The van der Waals surface area contributed by atoms with E-state index in [-0.39, 0.29) is 5.69 Å². The Labute approximate surface area is 154 Å². The first-order valence-corrected chi connectivity index (χ1v) is 8.94. The summed E-state index contributed by atoms with van der Waals surface area (Å²) in [5.41, 5.74) is 3.58. The molecule has 1 aromatic heterocycles. The number of rotatable bonds is 8. The van der Waals surface area contributed by atoms with Gasteiger partial charge in [0, 0.05) is 5.92 Å². The molecular weight excluding hydrogens is 364 g/mol. The van der Waals surface area contributed by atoms with Crippen LogP contribution in [0.25, 0.3) is 0 Å². The predicted octanol–water partition coefficient (Wildman–Crippen LogP) is 1.18. The number of hydrogen-bond acceptors (Lipinski definition) is 7. The number of halogens is 2. The van der Waals surface area contributed by atoms with E-state index in [1.807, 2.05) is 13.8 Å². The summed E-state index contributed by atoms with van der Waals surface area (Å²) in [7, 11) is 0. The molecule has 0 saturated carbocycles. The molecule has 1 fully saturated rings. The van der Waals surface area contributed by atoms with Crippen LogP contribution in [0.4, 0.5) is 14.5 Å². The van der Waals surface area contributed by atoms with E-state index in [9.17, 15) is 23.5 Å². The molecule has 0 radical (unpaired) electrons. The molecule has 0 bridgehead atoms. The van der Waals surface area contributed by atoms with Crippen LogP contribution in [0.5, 0.6) is 0 Å². The highest BCUT2D eigenvalue weighted by Crippen LogP contribution is 2.46. The van der Waals surface area contributed by atoms with Crippen molar-refractivity contribution in [3.05, 3.63) is 21.9 Å². The van der Waals surface area contributed by atoms with Crippen molar-refractivity contribution >= 4 is 11.5 Å². The number of carbonyl (C=O) groups is 1. The highest BCUT2D eigenvalue weighted by Gasteiger charge is 2.59. The molecule has 1 unspecified atom stereocenters. The number of aromatic nitrogens is 2. The summed E-state index contributed by atoms with van der Waals surface area (Å²) in [5, 5.41) is 18.8. The predicted molar refractivity (Wildman–Crippen MR) is 92.6 cm³/mol. The lowest BCUT2D eigenvalue weighted by molar-refractivity contribution is -0.114. The third kappa shape index (κ3) is 4.02. The number of H-pyrrole nitrogens is 1. The molecule has 1 aliphatic rings. The number of nitrogens with zero attached hydrogens (tertiary/aromatic N) is 1. The normalized spacial score (nSPS) is 24.5. The Bertz CT molecular complexity index is 734. The molecule has 1 aromatic rings. The number of alkyl halides is 2. The van der Waals surface area contributed by atoms with Crippen molar-refractivity contribution in [2.24, 2.45) is 5.92 Å². The van der Waals surface area contributed by atoms with E-state index >= 15 is 0 Å². The molecule has 1 aliphatic heterocycles. The standard InChI is InChI=1S/C17H25F2N3O5/c1-3-5-8(6-4-2)13(24)11-10(20)12(22-16(26)21-11)15-17(18,19)14(25)9(7-23)27-15/h8-9,14-15,23,25H,3-7,20H2,1-2H3,(H,21,22,26)/t9-,14-,15?/m1/s1. The SMILES string of the molecule is CCCC(CCC)C(=O)c1nc(=O)[nH]c(C2O[C@H](CO)[C@@H](O)C2(F)F)c1N. The van der Waals surface area contributed by atoms with Crippen LogP contribution >= 0.6 is 0 Å². The van der Waals surface area contributed by atoms with E-state index in [1.165, 1.54) is 0 Å². The number of nitrogens with two attached hydrogens (primary N) is 1. The van der Waals surface area contributed by atoms with Gasteiger partial charge in [-0.25, -0.2) is 13.6 Å². The molecule has 1 saturated heterocycles. The van der Waals surface area contributed by atoms with Crippen molar-refractivity contribution in [2.45, 2.75) is 63.8 Å². The van der Waals surface area contributed by atoms with Gasteiger partial charge in [-0.3, -0.25) is 4.79 Å². The number of Topliss-reactive ketones (excluding diaryl/α,β-unsaturated/α-hetero) is 1. The van der Waals surface area contributed by atoms with Crippen LogP contribution in [0.3, 0.4) is 0 Å². The average molecular weight is 389 g/mol. The molecule has 3 atom stereocenters. The first-order valence-electron chi connectivity index (χ1n) is 8.94. The molecule has 10 heteroatoms. The van der Waals surface area contributed by atoms with E-state index in [1.54, 1.807) is 0 Å². The number of aromatic amines is 1. The molecule has 0 spiro atoms. The lowest BCUT2D eigenvalue weighted by Gasteiger charge is -2.22. The average Bonchev–Trinajstić information content (AvgIpc) is 2.85. The number of aliphatic hydroxyl groups excluding tert-OH is 2. The smallest absolute Gasteiger partial charge is 0.346 e. The largest absolute Gasteiger partial charge is 0.395 e. The summed E-state index contributed by atoms with van der Waals surface area (Å²) in [6, 6.07) is 0. The van der Waals surface area contributed by atoms with Gasteiger partial charge in [0.1, 0.15) is 17.9 Å². The molecule has 0 amide bonds. The van der Waals surface area contributed by atoms with Crippen LogP contribution in [0.2, 0.25) is 0 Å². The monoisotopic (exact) mass is 389 g/mol. The zero-order valence-corrected chi connectivity index (χ0v) is 15.2. The zero-order chi connectivity index (χ0) is 20.4. The molecule has 2 heterocycles. The number of aliphatic hydroxyl groups is 2. The van der Waals surface area contributed by atoms with Gasteiger partial charge in [-0.2, -0.15) is 4.98 Å². The first-order chi connectivity index (χ1) is 12.7. The zero-order valence-electron chi connectivity index (χ0n) is 15.2. The Kier molecular flexibility index (Phi) is 6.66. The summed E-state index contributed by atoms with van der Waals surface area (Å²) in [6.45, 7) is 2.96. The maximum absolute atomic E-state index is 14.4. The fourth-order valence-corrected chi connectivity index (χ4v) is 3.34. The molecule has 5 N–H and O–H groups in total. The summed E-state index contributed by atoms with van der Waals surface area (Å²) < 4.78 is 33.8. The number of hydrogen-bond donors (Lipinski definition) is 4. The second-order valence-corrected chi connectivity index (χ2v) is 6.71. The molecule has 0 aromatic carbocycles.